The Hall–Kier alpha value is -3.62. The molecule has 184 valence electrons. The number of rotatable bonds is 6. The maximum absolute atomic E-state index is 13.5. The number of carbonyl (C=O) groups excluding carboxylic acids is 3. The first-order chi connectivity index (χ1) is 16.8. The molecule has 1 saturated heterocycles. The second-order valence-corrected chi connectivity index (χ2v) is 9.45. The number of carbonyl (C=O) groups is 3. The molecule has 5 rings (SSSR count). The minimum Gasteiger partial charge on any atom is -0.454 e. The first kappa shape index (κ1) is 23.1. The molecule has 2 heterocycles. The van der Waals surface area contributed by atoms with Crippen LogP contribution in [0.5, 0.6) is 11.5 Å². The molecule has 1 unspecified atom stereocenters. The van der Waals surface area contributed by atoms with Crippen molar-refractivity contribution in [1.29, 1.82) is 0 Å². The molecule has 8 nitrogen and oxygen atoms in total. The molecule has 0 bridgehead atoms. The van der Waals surface area contributed by atoms with Crippen molar-refractivity contribution in [3.63, 3.8) is 0 Å². The zero-order chi connectivity index (χ0) is 24.6. The second-order valence-electron chi connectivity index (χ2n) is 9.45. The van der Waals surface area contributed by atoms with Crippen LogP contribution in [0.2, 0.25) is 0 Å². The van der Waals surface area contributed by atoms with Gasteiger partial charge in [-0.25, -0.2) is 9.18 Å². The number of imide groups is 1. The summed E-state index contributed by atoms with van der Waals surface area (Å²) in [5.74, 6) is -0.0701. The molecule has 2 fully saturated rings. The molecule has 2 aromatic rings. The van der Waals surface area contributed by atoms with Crippen LogP contribution in [0.25, 0.3) is 0 Å². The average Bonchev–Trinajstić information content (AvgIpc) is 3.42. The number of fused-ring (bicyclic) bond motifs is 1. The van der Waals surface area contributed by atoms with Crippen LogP contribution in [0.1, 0.15) is 50.2 Å². The van der Waals surface area contributed by atoms with Crippen molar-refractivity contribution in [1.82, 2.24) is 15.1 Å². The largest absolute Gasteiger partial charge is 0.454 e. The lowest BCUT2D eigenvalue weighted by molar-refractivity contribution is -0.141. The summed E-state index contributed by atoms with van der Waals surface area (Å²) in [6.07, 6.45) is 4.88. The van der Waals surface area contributed by atoms with Crippen molar-refractivity contribution in [3.05, 3.63) is 59.4 Å². The van der Waals surface area contributed by atoms with Gasteiger partial charge in [-0.05, 0) is 55.2 Å². The van der Waals surface area contributed by atoms with E-state index in [0.717, 1.165) is 42.6 Å². The Morgan fingerprint density at radius 3 is 2.54 bits per heavy atom. The summed E-state index contributed by atoms with van der Waals surface area (Å²) >= 11 is 0. The quantitative estimate of drug-likeness (QED) is 0.636. The Kier molecular flexibility index (Phi) is 6.08. The molecule has 0 spiro atoms. The highest BCUT2D eigenvalue weighted by Crippen LogP contribution is 2.38. The molecule has 9 heteroatoms. The predicted octanol–water partition coefficient (Wildman–Crippen LogP) is 3.68. The van der Waals surface area contributed by atoms with Crippen LogP contribution in [-0.4, -0.2) is 47.0 Å². The minimum absolute atomic E-state index is 0.0160. The van der Waals surface area contributed by atoms with Crippen molar-refractivity contribution >= 4 is 17.8 Å². The molecule has 0 aromatic heterocycles. The topological polar surface area (TPSA) is 88.2 Å². The van der Waals surface area contributed by atoms with E-state index in [4.69, 9.17) is 9.47 Å². The zero-order valence-electron chi connectivity index (χ0n) is 19.6. The Morgan fingerprint density at radius 2 is 1.80 bits per heavy atom. The summed E-state index contributed by atoms with van der Waals surface area (Å²) in [7, 11) is 0. The first-order valence-corrected chi connectivity index (χ1v) is 11.9. The van der Waals surface area contributed by atoms with Crippen LogP contribution < -0.4 is 14.8 Å². The third-order valence-corrected chi connectivity index (χ3v) is 7.12. The molecular formula is C26H28FN3O5. The van der Waals surface area contributed by atoms with Gasteiger partial charge in [-0.3, -0.25) is 14.5 Å². The minimum atomic E-state index is -1.33. The van der Waals surface area contributed by atoms with Crippen molar-refractivity contribution in [2.24, 2.45) is 0 Å². The van der Waals surface area contributed by atoms with E-state index in [0.29, 0.717) is 23.6 Å². The van der Waals surface area contributed by atoms with Gasteiger partial charge < -0.3 is 19.7 Å². The number of ether oxygens (including phenoxy) is 2. The predicted molar refractivity (Wildman–Crippen MR) is 124 cm³/mol. The molecule has 4 amide bonds. The number of halogens is 1. The van der Waals surface area contributed by atoms with E-state index < -0.39 is 17.5 Å². The molecular weight excluding hydrogens is 453 g/mol. The number of amides is 4. The van der Waals surface area contributed by atoms with Gasteiger partial charge >= 0.3 is 6.03 Å². The summed E-state index contributed by atoms with van der Waals surface area (Å²) in [6, 6.07) is 10.5. The Labute approximate surface area is 203 Å². The monoisotopic (exact) mass is 481 g/mol. The molecule has 2 aromatic carbocycles. The van der Waals surface area contributed by atoms with Crippen LogP contribution in [0.4, 0.5) is 9.18 Å². The van der Waals surface area contributed by atoms with Crippen LogP contribution in [0.3, 0.4) is 0 Å². The summed E-state index contributed by atoms with van der Waals surface area (Å²) in [4.78, 5) is 42.5. The smallest absolute Gasteiger partial charge is 0.325 e. The van der Waals surface area contributed by atoms with Crippen molar-refractivity contribution < 1.29 is 28.2 Å². The highest BCUT2D eigenvalue weighted by atomic mass is 19.1. The van der Waals surface area contributed by atoms with Crippen LogP contribution in [0.15, 0.2) is 42.5 Å². The number of urea groups is 1. The second kappa shape index (κ2) is 9.20. The normalized spacial score (nSPS) is 21.8. The van der Waals surface area contributed by atoms with Crippen molar-refractivity contribution in [2.75, 3.05) is 13.3 Å². The fourth-order valence-electron chi connectivity index (χ4n) is 5.07. The number of benzene rings is 2. The van der Waals surface area contributed by atoms with Gasteiger partial charge in [-0.15, -0.1) is 0 Å². The number of hydrogen-bond donors (Lipinski definition) is 1. The van der Waals surface area contributed by atoms with E-state index in [1.54, 1.807) is 42.2 Å². The van der Waals surface area contributed by atoms with Gasteiger partial charge in [0.2, 0.25) is 12.7 Å². The van der Waals surface area contributed by atoms with E-state index in [2.05, 4.69) is 5.32 Å². The Balaban J connectivity index is 1.35. The highest BCUT2D eigenvalue weighted by molar-refractivity contribution is 6.09. The van der Waals surface area contributed by atoms with Crippen LogP contribution in [-0.2, 0) is 21.7 Å². The van der Waals surface area contributed by atoms with E-state index in [1.807, 2.05) is 0 Å². The molecule has 1 saturated carbocycles. The highest BCUT2D eigenvalue weighted by Gasteiger charge is 2.50. The van der Waals surface area contributed by atoms with Gasteiger partial charge in [0.05, 0.1) is 0 Å². The maximum Gasteiger partial charge on any atom is 0.325 e. The lowest BCUT2D eigenvalue weighted by atomic mass is 9.91. The molecule has 3 aliphatic rings. The fourth-order valence-corrected chi connectivity index (χ4v) is 5.07. The van der Waals surface area contributed by atoms with Gasteiger partial charge in [0, 0.05) is 12.6 Å². The van der Waals surface area contributed by atoms with Crippen molar-refractivity contribution in [2.45, 2.75) is 57.2 Å². The van der Waals surface area contributed by atoms with E-state index in [1.165, 1.54) is 12.1 Å². The fraction of sp³-hybridized carbons (Fsp3) is 0.423. The number of hydrogen-bond acceptors (Lipinski definition) is 5. The third-order valence-electron chi connectivity index (χ3n) is 7.12. The summed E-state index contributed by atoms with van der Waals surface area (Å²) in [5, 5.41) is 2.75. The lowest BCUT2D eigenvalue weighted by Crippen LogP contribution is -2.48. The Morgan fingerprint density at radius 1 is 1.09 bits per heavy atom. The molecule has 1 aliphatic carbocycles. The van der Waals surface area contributed by atoms with Gasteiger partial charge in [0.1, 0.15) is 17.9 Å². The standard InChI is InChI=1S/C26H28FN3O5/c1-26(18-9-12-21-22(13-18)35-16-34-21)24(32)30(25(33)28-26)15-23(31)29(20-5-3-2-4-6-20)14-17-7-10-19(27)11-8-17/h7-13,20H,2-6,14-16H2,1H3,(H,28,33). The number of nitrogens with zero attached hydrogens (tertiary/aromatic N) is 2. The maximum atomic E-state index is 13.5. The first-order valence-electron chi connectivity index (χ1n) is 11.9. The van der Waals surface area contributed by atoms with Gasteiger partial charge in [-0.2, -0.15) is 0 Å². The van der Waals surface area contributed by atoms with Gasteiger partial charge in [0.15, 0.2) is 11.5 Å². The van der Waals surface area contributed by atoms with Crippen molar-refractivity contribution in [3.8, 4) is 11.5 Å². The Bertz CT molecular complexity index is 1150. The van der Waals surface area contributed by atoms with E-state index >= 15 is 0 Å². The zero-order valence-corrected chi connectivity index (χ0v) is 19.6. The molecule has 0 radical (unpaired) electrons. The van der Waals surface area contributed by atoms with Gasteiger partial charge in [0.25, 0.3) is 5.91 Å². The summed E-state index contributed by atoms with van der Waals surface area (Å²) in [5.41, 5.74) is 0.0172. The van der Waals surface area contributed by atoms with Gasteiger partial charge in [-0.1, -0.05) is 37.5 Å². The lowest BCUT2D eigenvalue weighted by Gasteiger charge is -2.35. The summed E-state index contributed by atoms with van der Waals surface area (Å²) in [6.45, 7) is 1.66. The number of nitrogens with one attached hydrogen (secondary N) is 1. The van der Waals surface area contributed by atoms with E-state index in [9.17, 15) is 18.8 Å². The third kappa shape index (κ3) is 4.42. The average molecular weight is 482 g/mol. The molecule has 1 N–H and O–H groups in total. The van der Waals surface area contributed by atoms with E-state index in [-0.39, 0.29) is 31.1 Å². The van der Waals surface area contributed by atoms with Crippen LogP contribution in [0, 0.1) is 5.82 Å². The summed E-state index contributed by atoms with van der Waals surface area (Å²) < 4.78 is 24.1. The SMILES string of the molecule is CC1(c2ccc3c(c2)OCO3)NC(=O)N(CC(=O)N(Cc2ccc(F)cc2)C2CCCCC2)C1=O. The van der Waals surface area contributed by atoms with Crippen LogP contribution >= 0.6 is 0 Å². The molecule has 1 atom stereocenters. The molecule has 2 aliphatic heterocycles. The molecule has 35 heavy (non-hydrogen) atoms.